The van der Waals surface area contributed by atoms with E-state index in [1.165, 1.54) is 0 Å². The van der Waals surface area contributed by atoms with Gasteiger partial charge in [0.1, 0.15) is 16.4 Å². The fourth-order valence-electron chi connectivity index (χ4n) is 5.55. The average molecular weight is 483 g/mol. The molecule has 3 aliphatic rings. The number of nitrogens with zero attached hydrogens (tertiary/aromatic N) is 4. The zero-order valence-electron chi connectivity index (χ0n) is 18.2. The molecule has 174 valence electrons. The topological polar surface area (TPSA) is 140 Å². The zero-order chi connectivity index (χ0) is 23.8. The molecule has 1 aromatic carbocycles. The maximum Gasteiger partial charge on any atom is 0.328 e. The van der Waals surface area contributed by atoms with Crippen LogP contribution in [0.2, 0.25) is 5.02 Å². The summed E-state index contributed by atoms with van der Waals surface area (Å²) in [5.41, 5.74) is 1.03. The number of ether oxygens (including phenoxy) is 1. The highest BCUT2D eigenvalue weighted by Gasteiger charge is 2.63. The van der Waals surface area contributed by atoms with E-state index in [1.54, 1.807) is 18.6 Å². The minimum Gasteiger partial charge on any atom is -0.372 e. The molecule has 0 saturated carbocycles. The lowest BCUT2D eigenvalue weighted by Gasteiger charge is -2.55. The third kappa shape index (κ3) is 2.74. The maximum atomic E-state index is 13.3. The number of benzene rings is 1. The average Bonchev–Trinajstić information content (AvgIpc) is 3.21. The number of morpholine rings is 1. The van der Waals surface area contributed by atoms with Crippen molar-refractivity contribution in [2.75, 3.05) is 11.4 Å². The van der Waals surface area contributed by atoms with Gasteiger partial charge in [0.05, 0.1) is 35.5 Å². The Labute approximate surface area is 197 Å². The van der Waals surface area contributed by atoms with Crippen LogP contribution in [0, 0.1) is 5.41 Å². The molecule has 0 unspecified atom stereocenters. The molecule has 2 aromatic heterocycles. The summed E-state index contributed by atoms with van der Waals surface area (Å²) >= 11 is 6.89. The van der Waals surface area contributed by atoms with Gasteiger partial charge in [0, 0.05) is 18.9 Å². The summed E-state index contributed by atoms with van der Waals surface area (Å²) in [5, 5.41) is 9.62. The van der Waals surface area contributed by atoms with E-state index in [1.807, 2.05) is 24.8 Å². The Hall–Kier alpha value is -3.57. The van der Waals surface area contributed by atoms with E-state index in [4.69, 9.17) is 20.9 Å². The second kappa shape index (κ2) is 7.21. The van der Waals surface area contributed by atoms with Crippen molar-refractivity contribution in [2.45, 2.75) is 38.5 Å². The van der Waals surface area contributed by atoms with Gasteiger partial charge in [0.2, 0.25) is 11.8 Å². The number of fused-ring (bicyclic) bond motifs is 5. The second-order valence-electron chi connectivity index (χ2n) is 8.83. The fourth-order valence-corrected chi connectivity index (χ4v) is 5.92. The predicted molar refractivity (Wildman–Crippen MR) is 119 cm³/mol. The summed E-state index contributed by atoms with van der Waals surface area (Å²) in [7, 11) is 0. The van der Waals surface area contributed by atoms with E-state index in [9.17, 15) is 14.4 Å². The van der Waals surface area contributed by atoms with Crippen molar-refractivity contribution in [3.05, 3.63) is 35.2 Å². The molecule has 1 spiro atoms. The van der Waals surface area contributed by atoms with Crippen LogP contribution in [0.4, 0.5) is 10.5 Å². The van der Waals surface area contributed by atoms with Crippen LogP contribution in [0.25, 0.3) is 22.4 Å². The Bertz CT molecular complexity index is 1360. The summed E-state index contributed by atoms with van der Waals surface area (Å²) < 4.78 is 11.6. The van der Waals surface area contributed by atoms with Crippen LogP contribution in [-0.2, 0) is 20.7 Å². The Morgan fingerprint density at radius 2 is 1.94 bits per heavy atom. The lowest BCUT2D eigenvalue weighted by atomic mass is 9.66. The van der Waals surface area contributed by atoms with Crippen molar-refractivity contribution in [3.63, 3.8) is 0 Å². The number of carbonyl (C=O) groups excluding carboxylic acids is 3. The Morgan fingerprint density at radius 1 is 1.18 bits per heavy atom. The Kier molecular flexibility index (Phi) is 4.45. The zero-order valence-corrected chi connectivity index (χ0v) is 18.9. The SMILES string of the molecule is C[C@@H]1CN2c3c(cc4c(-c5cnccn5)noc4c3Cl)CC3(C(=O)NC(=O)NC3=O)[C@H]2[C@H](C)O1. The summed E-state index contributed by atoms with van der Waals surface area (Å²) in [6, 6.07) is 0.284. The predicted octanol–water partition coefficient (Wildman–Crippen LogP) is 1.83. The molecule has 2 N–H and O–H groups in total. The van der Waals surface area contributed by atoms with Gasteiger partial charge in [0.25, 0.3) is 0 Å². The first-order valence-corrected chi connectivity index (χ1v) is 11.1. The first-order chi connectivity index (χ1) is 16.3. The molecule has 5 heterocycles. The number of hydrogen-bond acceptors (Lipinski definition) is 9. The normalized spacial score (nSPS) is 25.7. The van der Waals surface area contributed by atoms with Crippen LogP contribution in [0.15, 0.2) is 29.2 Å². The Balaban J connectivity index is 1.61. The number of imide groups is 2. The van der Waals surface area contributed by atoms with Gasteiger partial charge in [-0.2, -0.15) is 0 Å². The van der Waals surface area contributed by atoms with E-state index in [0.29, 0.717) is 45.2 Å². The van der Waals surface area contributed by atoms with Gasteiger partial charge in [-0.15, -0.1) is 0 Å². The third-order valence-corrected chi connectivity index (χ3v) is 7.12. The summed E-state index contributed by atoms with van der Waals surface area (Å²) in [4.78, 5) is 48.8. The number of halogens is 1. The summed E-state index contributed by atoms with van der Waals surface area (Å²) in [6.07, 6.45) is 3.96. The molecule has 3 aliphatic heterocycles. The Morgan fingerprint density at radius 3 is 2.65 bits per heavy atom. The van der Waals surface area contributed by atoms with Gasteiger partial charge in [-0.1, -0.05) is 16.8 Å². The van der Waals surface area contributed by atoms with Crippen LogP contribution in [0.5, 0.6) is 0 Å². The molecule has 3 aromatic rings. The standard InChI is InChI=1S/C22H19ClN6O5/c1-9-8-29-16-11(5-12-15(13-7-24-3-4-25-13)28-34-17(12)14(16)23)6-22(18(29)10(2)33-9)19(30)26-21(32)27-20(22)31/h3-5,7,9-10,18H,6,8H2,1-2H3,(H2,26,27,30,31,32)/t9-,10+,18-/m1/s1. The van der Waals surface area contributed by atoms with Gasteiger partial charge in [-0.05, 0) is 31.9 Å². The molecule has 6 rings (SSSR count). The van der Waals surface area contributed by atoms with Crippen LogP contribution in [-0.4, -0.2) is 57.8 Å². The second-order valence-corrected chi connectivity index (χ2v) is 9.21. The molecule has 2 saturated heterocycles. The largest absolute Gasteiger partial charge is 0.372 e. The summed E-state index contributed by atoms with van der Waals surface area (Å²) in [5.74, 6) is -1.33. The quantitative estimate of drug-likeness (QED) is 0.497. The molecule has 0 bridgehead atoms. The van der Waals surface area contributed by atoms with Crippen molar-refractivity contribution < 1.29 is 23.6 Å². The number of amides is 4. The van der Waals surface area contributed by atoms with Gasteiger partial charge in [-0.25, -0.2) is 4.79 Å². The molecule has 12 heteroatoms. The summed E-state index contributed by atoms with van der Waals surface area (Å²) in [6.45, 7) is 4.10. The number of nitrogens with one attached hydrogen (secondary N) is 2. The van der Waals surface area contributed by atoms with E-state index in [2.05, 4.69) is 25.8 Å². The van der Waals surface area contributed by atoms with Crippen LogP contribution >= 0.6 is 11.6 Å². The van der Waals surface area contributed by atoms with E-state index >= 15 is 0 Å². The fraction of sp³-hybridized carbons (Fsp3) is 0.364. The van der Waals surface area contributed by atoms with Gasteiger partial charge in [-0.3, -0.25) is 30.2 Å². The molecule has 0 radical (unpaired) electrons. The molecule has 3 atom stereocenters. The van der Waals surface area contributed by atoms with Crippen LogP contribution in [0.1, 0.15) is 19.4 Å². The van der Waals surface area contributed by atoms with E-state index in [-0.39, 0.29) is 12.5 Å². The minimum atomic E-state index is -1.60. The smallest absolute Gasteiger partial charge is 0.328 e. The van der Waals surface area contributed by atoms with Crippen LogP contribution in [0.3, 0.4) is 0 Å². The van der Waals surface area contributed by atoms with Crippen molar-refractivity contribution in [2.24, 2.45) is 5.41 Å². The molecular formula is C22H19ClN6O5. The highest BCUT2D eigenvalue weighted by atomic mass is 35.5. The number of hydrogen-bond donors (Lipinski definition) is 2. The van der Waals surface area contributed by atoms with Gasteiger partial charge >= 0.3 is 6.03 Å². The molecule has 2 fully saturated rings. The number of anilines is 1. The monoisotopic (exact) mass is 482 g/mol. The van der Waals surface area contributed by atoms with Crippen molar-refractivity contribution >= 4 is 46.1 Å². The lowest BCUT2D eigenvalue weighted by Crippen LogP contribution is -2.75. The van der Waals surface area contributed by atoms with Crippen molar-refractivity contribution in [3.8, 4) is 11.4 Å². The minimum absolute atomic E-state index is 0.0112. The van der Waals surface area contributed by atoms with Gasteiger partial charge < -0.3 is 14.2 Å². The number of carbonyl (C=O) groups is 3. The van der Waals surface area contributed by atoms with Crippen molar-refractivity contribution in [1.29, 1.82) is 0 Å². The number of aromatic nitrogens is 3. The highest BCUT2D eigenvalue weighted by Crippen LogP contribution is 2.51. The first-order valence-electron chi connectivity index (χ1n) is 10.8. The molecule has 34 heavy (non-hydrogen) atoms. The van der Waals surface area contributed by atoms with Crippen molar-refractivity contribution in [1.82, 2.24) is 25.8 Å². The molecule has 4 amide bonds. The lowest BCUT2D eigenvalue weighted by molar-refractivity contribution is -0.153. The maximum absolute atomic E-state index is 13.3. The van der Waals surface area contributed by atoms with E-state index < -0.39 is 35.4 Å². The first kappa shape index (κ1) is 21.0. The third-order valence-electron chi connectivity index (χ3n) is 6.77. The highest BCUT2D eigenvalue weighted by molar-refractivity contribution is 6.38. The van der Waals surface area contributed by atoms with Crippen LogP contribution < -0.4 is 15.5 Å². The van der Waals surface area contributed by atoms with E-state index in [0.717, 1.165) is 0 Å². The molecular weight excluding hydrogens is 464 g/mol. The molecule has 0 aliphatic carbocycles. The number of rotatable bonds is 1. The number of urea groups is 1. The number of barbiturate groups is 1. The molecule has 11 nitrogen and oxygen atoms in total. The van der Waals surface area contributed by atoms with Gasteiger partial charge in [0.15, 0.2) is 11.0 Å².